The first-order chi connectivity index (χ1) is 9.39. The van der Waals surface area contributed by atoms with Gasteiger partial charge in [-0.25, -0.2) is 0 Å². The van der Waals surface area contributed by atoms with Crippen molar-refractivity contribution in [1.82, 2.24) is 5.16 Å². The maximum atomic E-state index is 6.06. The number of rotatable bonds is 2. The zero-order valence-electron chi connectivity index (χ0n) is 12.2. The van der Waals surface area contributed by atoms with Crippen molar-refractivity contribution in [2.75, 3.05) is 0 Å². The molecule has 1 saturated heterocycles. The van der Waals surface area contributed by atoms with Crippen molar-refractivity contribution in [3.63, 3.8) is 0 Å². The number of nitrogens with zero attached hydrogens (tertiary/aromatic N) is 1. The normalized spacial score (nSPS) is 20.3. The van der Waals surface area contributed by atoms with Crippen LogP contribution in [0.4, 0.5) is 0 Å². The van der Waals surface area contributed by atoms with Crippen molar-refractivity contribution < 1.29 is 13.8 Å². The van der Waals surface area contributed by atoms with E-state index in [4.69, 9.17) is 13.8 Å². The summed E-state index contributed by atoms with van der Waals surface area (Å²) in [6.07, 6.45) is 1.57. The van der Waals surface area contributed by atoms with Crippen LogP contribution in [0.15, 0.2) is 41.1 Å². The fourth-order valence-corrected chi connectivity index (χ4v) is 2.19. The largest absolute Gasteiger partial charge is 0.494 e. The Balaban J connectivity index is 1.91. The monoisotopic (exact) mass is 271 g/mol. The van der Waals surface area contributed by atoms with E-state index in [2.05, 4.69) is 32.9 Å². The molecule has 1 aliphatic rings. The van der Waals surface area contributed by atoms with Gasteiger partial charge in [-0.1, -0.05) is 29.4 Å². The highest BCUT2D eigenvalue weighted by molar-refractivity contribution is 6.62. The summed E-state index contributed by atoms with van der Waals surface area (Å²) in [5, 5.41) is 3.95. The Hall–Kier alpha value is -1.59. The van der Waals surface area contributed by atoms with Crippen molar-refractivity contribution in [1.29, 1.82) is 0 Å². The van der Waals surface area contributed by atoms with Gasteiger partial charge in [0.1, 0.15) is 12.0 Å². The molecule has 0 amide bonds. The maximum Gasteiger partial charge on any atom is 0.494 e. The van der Waals surface area contributed by atoms with Gasteiger partial charge in [-0.15, -0.1) is 0 Å². The second-order valence-corrected chi connectivity index (χ2v) is 6.10. The van der Waals surface area contributed by atoms with Crippen LogP contribution < -0.4 is 5.46 Å². The smallest absolute Gasteiger partial charge is 0.399 e. The van der Waals surface area contributed by atoms with E-state index in [0.717, 1.165) is 16.7 Å². The highest BCUT2D eigenvalue weighted by atomic mass is 16.7. The molecule has 2 aromatic rings. The molecular formula is C15H18BNO3. The quantitative estimate of drug-likeness (QED) is 0.787. The van der Waals surface area contributed by atoms with Gasteiger partial charge in [0.05, 0.1) is 11.2 Å². The Morgan fingerprint density at radius 1 is 1.00 bits per heavy atom. The summed E-state index contributed by atoms with van der Waals surface area (Å²) in [5.74, 6) is 0. The van der Waals surface area contributed by atoms with E-state index in [-0.39, 0.29) is 18.3 Å². The van der Waals surface area contributed by atoms with E-state index < -0.39 is 0 Å². The average molecular weight is 271 g/mol. The van der Waals surface area contributed by atoms with Crippen LogP contribution in [0.1, 0.15) is 27.7 Å². The Bertz CT molecular complexity index is 591. The van der Waals surface area contributed by atoms with E-state index in [1.165, 1.54) is 0 Å². The molecule has 5 heteroatoms. The molecule has 1 fully saturated rings. The number of hydrogen-bond acceptors (Lipinski definition) is 4. The highest BCUT2D eigenvalue weighted by Crippen LogP contribution is 2.36. The number of hydrogen-bond donors (Lipinski definition) is 0. The third kappa shape index (κ3) is 2.17. The summed E-state index contributed by atoms with van der Waals surface area (Å²) in [6, 6.07) is 9.84. The summed E-state index contributed by atoms with van der Waals surface area (Å²) in [5.41, 5.74) is 2.13. The lowest BCUT2D eigenvalue weighted by Crippen LogP contribution is -2.41. The fourth-order valence-electron chi connectivity index (χ4n) is 2.19. The van der Waals surface area contributed by atoms with Gasteiger partial charge in [0.25, 0.3) is 0 Å². The van der Waals surface area contributed by atoms with E-state index in [9.17, 15) is 0 Å². The summed E-state index contributed by atoms with van der Waals surface area (Å²) in [4.78, 5) is 0. The lowest BCUT2D eigenvalue weighted by atomic mass is 9.78. The molecule has 3 rings (SSSR count). The molecule has 0 spiro atoms. The molecule has 0 atom stereocenters. The van der Waals surface area contributed by atoms with Crippen molar-refractivity contribution in [3.05, 3.63) is 36.6 Å². The van der Waals surface area contributed by atoms with Crippen molar-refractivity contribution in [2.45, 2.75) is 38.9 Å². The highest BCUT2D eigenvalue weighted by Gasteiger charge is 2.51. The summed E-state index contributed by atoms with van der Waals surface area (Å²) < 4.78 is 17.0. The molecule has 20 heavy (non-hydrogen) atoms. The topological polar surface area (TPSA) is 44.5 Å². The van der Waals surface area contributed by atoms with Gasteiger partial charge >= 0.3 is 7.12 Å². The van der Waals surface area contributed by atoms with Crippen LogP contribution in [0.2, 0.25) is 0 Å². The van der Waals surface area contributed by atoms with E-state index in [1.807, 2.05) is 30.3 Å². The van der Waals surface area contributed by atoms with Crippen molar-refractivity contribution in [2.24, 2.45) is 0 Å². The SMILES string of the molecule is CC1(C)OB(c2cccc(-c3ccon3)c2)OC1(C)C. The third-order valence-electron chi connectivity index (χ3n) is 4.15. The summed E-state index contributed by atoms with van der Waals surface area (Å²) in [6.45, 7) is 8.20. The minimum atomic E-state index is -0.355. The van der Waals surface area contributed by atoms with Crippen LogP contribution in [0.5, 0.6) is 0 Å². The van der Waals surface area contributed by atoms with Gasteiger partial charge in [0, 0.05) is 11.6 Å². The van der Waals surface area contributed by atoms with Crippen molar-refractivity contribution >= 4 is 12.6 Å². The first-order valence-electron chi connectivity index (χ1n) is 6.75. The number of aromatic nitrogens is 1. The molecule has 0 aliphatic carbocycles. The van der Waals surface area contributed by atoms with Gasteiger partial charge < -0.3 is 13.8 Å². The molecule has 0 N–H and O–H groups in total. The standard InChI is InChI=1S/C15H18BNO3/c1-14(2)15(3,4)20-16(19-14)12-7-5-6-11(10-12)13-8-9-18-17-13/h5-10H,1-4H3. The Labute approximate surface area is 119 Å². The van der Waals surface area contributed by atoms with Crippen LogP contribution in [0.25, 0.3) is 11.3 Å². The lowest BCUT2D eigenvalue weighted by molar-refractivity contribution is 0.00578. The lowest BCUT2D eigenvalue weighted by Gasteiger charge is -2.32. The van der Waals surface area contributed by atoms with E-state index in [0.29, 0.717) is 0 Å². The van der Waals surface area contributed by atoms with Gasteiger partial charge in [0.15, 0.2) is 0 Å². The molecule has 1 aromatic heterocycles. The minimum Gasteiger partial charge on any atom is -0.399 e. The predicted molar refractivity (Wildman–Crippen MR) is 77.7 cm³/mol. The molecule has 4 nitrogen and oxygen atoms in total. The molecule has 0 radical (unpaired) electrons. The fraction of sp³-hybridized carbons (Fsp3) is 0.400. The predicted octanol–water partition coefficient (Wildman–Crippen LogP) is 2.64. The van der Waals surface area contributed by atoms with Crippen LogP contribution >= 0.6 is 0 Å². The van der Waals surface area contributed by atoms with Crippen LogP contribution in [0.3, 0.4) is 0 Å². The zero-order chi connectivity index (χ0) is 14.4. The molecule has 0 unspecified atom stereocenters. The molecule has 1 aliphatic heterocycles. The molecule has 0 bridgehead atoms. The second-order valence-electron chi connectivity index (χ2n) is 6.10. The van der Waals surface area contributed by atoms with Gasteiger partial charge in [-0.3, -0.25) is 0 Å². The maximum absolute atomic E-state index is 6.06. The molecule has 2 heterocycles. The molecule has 0 saturated carbocycles. The van der Waals surface area contributed by atoms with E-state index >= 15 is 0 Å². The number of benzene rings is 1. The second kappa shape index (κ2) is 4.47. The van der Waals surface area contributed by atoms with Crippen molar-refractivity contribution in [3.8, 4) is 11.3 Å². The molecule has 1 aromatic carbocycles. The third-order valence-corrected chi connectivity index (χ3v) is 4.15. The Kier molecular flexibility index (Phi) is 2.99. The first-order valence-corrected chi connectivity index (χ1v) is 6.75. The average Bonchev–Trinajstić information content (AvgIpc) is 2.97. The Morgan fingerprint density at radius 3 is 2.30 bits per heavy atom. The van der Waals surface area contributed by atoms with Crippen LogP contribution in [0, 0.1) is 0 Å². The first kappa shape index (κ1) is 13.4. The summed E-state index contributed by atoms with van der Waals surface area (Å²) in [7, 11) is -0.355. The van der Waals surface area contributed by atoms with Gasteiger partial charge in [0.2, 0.25) is 0 Å². The van der Waals surface area contributed by atoms with Crippen LogP contribution in [-0.2, 0) is 9.31 Å². The Morgan fingerprint density at radius 2 is 1.70 bits per heavy atom. The van der Waals surface area contributed by atoms with Gasteiger partial charge in [-0.2, -0.15) is 0 Å². The molecular weight excluding hydrogens is 253 g/mol. The minimum absolute atomic E-state index is 0.332. The molecule has 104 valence electrons. The zero-order valence-corrected chi connectivity index (χ0v) is 12.2. The van der Waals surface area contributed by atoms with Crippen LogP contribution in [-0.4, -0.2) is 23.5 Å². The van der Waals surface area contributed by atoms with Gasteiger partial charge in [-0.05, 0) is 33.2 Å². The van der Waals surface area contributed by atoms with E-state index in [1.54, 1.807) is 6.26 Å². The summed E-state index contributed by atoms with van der Waals surface area (Å²) >= 11 is 0.